The number of rotatable bonds is 8. The third-order valence-corrected chi connectivity index (χ3v) is 5.56. The van der Waals surface area contributed by atoms with Crippen LogP contribution in [0.1, 0.15) is 44.7 Å². The van der Waals surface area contributed by atoms with Gasteiger partial charge in [-0.05, 0) is 37.2 Å². The van der Waals surface area contributed by atoms with E-state index in [-0.39, 0.29) is 30.3 Å². The molecule has 3 N–H and O–H groups in total. The van der Waals surface area contributed by atoms with Gasteiger partial charge in [0.2, 0.25) is 5.91 Å². The molecule has 0 radical (unpaired) electrons. The molecule has 2 amide bonds. The predicted octanol–water partition coefficient (Wildman–Crippen LogP) is 2.07. The van der Waals surface area contributed by atoms with Crippen molar-refractivity contribution in [3.05, 3.63) is 35.4 Å². The first-order chi connectivity index (χ1) is 15.0. The summed E-state index contributed by atoms with van der Waals surface area (Å²) in [4.78, 5) is 26.6. The van der Waals surface area contributed by atoms with Crippen LogP contribution in [0.2, 0.25) is 0 Å². The van der Waals surface area contributed by atoms with Gasteiger partial charge < -0.3 is 25.0 Å². The van der Waals surface area contributed by atoms with Crippen molar-refractivity contribution in [1.82, 2.24) is 10.2 Å². The van der Waals surface area contributed by atoms with Crippen LogP contribution in [-0.4, -0.2) is 59.7 Å². The van der Waals surface area contributed by atoms with Crippen LogP contribution in [0.25, 0.3) is 0 Å². The number of hydrogen-bond acceptors (Lipinski definition) is 6. The molecule has 0 saturated carbocycles. The molecule has 2 rings (SSSR count). The highest BCUT2D eigenvalue weighted by Gasteiger charge is 2.34. The number of benzene rings is 1. The Balaban J connectivity index is 1.81. The molecule has 3 unspecified atom stereocenters. The van der Waals surface area contributed by atoms with E-state index in [2.05, 4.69) is 11.4 Å². The van der Waals surface area contributed by atoms with Crippen LogP contribution in [-0.2, 0) is 16.0 Å². The second-order valence-electron chi connectivity index (χ2n) is 9.84. The Hall–Kier alpha value is -2.57. The van der Waals surface area contributed by atoms with Crippen molar-refractivity contribution in [3.8, 4) is 6.07 Å². The molecule has 0 aromatic heterocycles. The zero-order valence-corrected chi connectivity index (χ0v) is 19.4. The van der Waals surface area contributed by atoms with Gasteiger partial charge >= 0.3 is 13.2 Å². The third kappa shape index (κ3) is 8.17. The molecule has 1 aliphatic rings. The Morgan fingerprint density at radius 1 is 1.31 bits per heavy atom. The van der Waals surface area contributed by atoms with Crippen molar-refractivity contribution in [1.29, 1.82) is 5.26 Å². The maximum absolute atomic E-state index is 12.7. The second-order valence-corrected chi connectivity index (χ2v) is 9.84. The van der Waals surface area contributed by atoms with Crippen molar-refractivity contribution >= 4 is 19.1 Å². The molecule has 0 aliphatic carbocycles. The van der Waals surface area contributed by atoms with Crippen LogP contribution in [0.3, 0.4) is 0 Å². The number of carbonyl (C=O) groups excluding carboxylic acids is 2. The molecule has 9 heteroatoms. The minimum atomic E-state index is -1.73. The molecule has 174 valence electrons. The van der Waals surface area contributed by atoms with E-state index < -0.39 is 25.1 Å². The first-order valence-corrected chi connectivity index (χ1v) is 11.0. The molecule has 3 atom stereocenters. The van der Waals surface area contributed by atoms with Gasteiger partial charge in [-0.15, -0.1) is 0 Å². The second kappa shape index (κ2) is 11.3. The SMILES string of the molecule is Cc1ccc(CC(NC(=O)OCC2CCN(C(=O)C(C#N)CC(C)(C)C)C2)B(O)O)cc1. The minimum absolute atomic E-state index is 0.0201. The van der Waals surface area contributed by atoms with Crippen LogP contribution < -0.4 is 5.32 Å². The minimum Gasteiger partial charge on any atom is -0.449 e. The van der Waals surface area contributed by atoms with Gasteiger partial charge in [-0.1, -0.05) is 50.6 Å². The van der Waals surface area contributed by atoms with Gasteiger partial charge in [-0.2, -0.15) is 5.26 Å². The summed E-state index contributed by atoms with van der Waals surface area (Å²) in [6.07, 6.45) is 0.695. The van der Waals surface area contributed by atoms with E-state index in [0.29, 0.717) is 25.9 Å². The molecule has 8 nitrogen and oxygen atoms in total. The van der Waals surface area contributed by atoms with Crippen molar-refractivity contribution < 1.29 is 24.4 Å². The van der Waals surface area contributed by atoms with Crippen molar-refractivity contribution in [2.45, 2.75) is 52.9 Å². The number of nitriles is 1. The third-order valence-electron chi connectivity index (χ3n) is 5.56. The lowest BCUT2D eigenvalue weighted by Crippen LogP contribution is -2.48. The summed E-state index contributed by atoms with van der Waals surface area (Å²) in [5.41, 5.74) is 1.83. The van der Waals surface area contributed by atoms with Gasteiger partial charge in [0.1, 0.15) is 5.92 Å². The van der Waals surface area contributed by atoms with E-state index in [4.69, 9.17) is 4.74 Å². The van der Waals surface area contributed by atoms with Crippen LogP contribution in [0.4, 0.5) is 4.79 Å². The van der Waals surface area contributed by atoms with Gasteiger partial charge in [-0.3, -0.25) is 4.79 Å². The van der Waals surface area contributed by atoms with Crippen molar-refractivity contribution in [2.24, 2.45) is 17.3 Å². The monoisotopic (exact) mass is 443 g/mol. The molecular weight excluding hydrogens is 409 g/mol. The molecule has 1 aromatic carbocycles. The first-order valence-electron chi connectivity index (χ1n) is 11.0. The van der Waals surface area contributed by atoms with Crippen LogP contribution in [0, 0.1) is 35.5 Å². The molecule has 1 saturated heterocycles. The fourth-order valence-corrected chi connectivity index (χ4v) is 3.79. The molecule has 1 aromatic rings. The molecular formula is C23H34BN3O5. The summed E-state index contributed by atoms with van der Waals surface area (Å²) in [6.45, 7) is 9.04. The number of carbonyl (C=O) groups is 2. The van der Waals surface area contributed by atoms with Gasteiger partial charge in [0.15, 0.2) is 0 Å². The zero-order chi connectivity index (χ0) is 23.9. The predicted molar refractivity (Wildman–Crippen MR) is 121 cm³/mol. The normalized spacial score (nSPS) is 17.9. The summed E-state index contributed by atoms with van der Waals surface area (Å²) >= 11 is 0. The Bertz CT molecular complexity index is 816. The highest BCUT2D eigenvalue weighted by Crippen LogP contribution is 2.27. The molecule has 0 spiro atoms. The van der Waals surface area contributed by atoms with Crippen LogP contribution in [0.15, 0.2) is 24.3 Å². The average Bonchev–Trinajstić information content (AvgIpc) is 3.19. The maximum atomic E-state index is 12.7. The van der Waals surface area contributed by atoms with Crippen molar-refractivity contribution in [2.75, 3.05) is 19.7 Å². The Morgan fingerprint density at radius 2 is 1.97 bits per heavy atom. The van der Waals surface area contributed by atoms with E-state index in [9.17, 15) is 24.9 Å². The standard InChI is InChI=1S/C23H34BN3O5/c1-16-5-7-17(8-6-16)11-20(24(30)31)26-22(29)32-15-18-9-10-27(14-18)21(28)19(13-25)12-23(2,3)4/h5-8,18-20,30-31H,9-12,14-15H2,1-4H3,(H,26,29). The molecule has 1 fully saturated rings. The summed E-state index contributed by atoms with van der Waals surface area (Å²) < 4.78 is 5.28. The average molecular weight is 443 g/mol. The fourth-order valence-electron chi connectivity index (χ4n) is 3.79. The molecule has 1 heterocycles. The quantitative estimate of drug-likeness (QED) is 0.529. The number of aryl methyl sites for hydroxylation is 1. The van der Waals surface area contributed by atoms with E-state index in [0.717, 1.165) is 11.1 Å². The van der Waals surface area contributed by atoms with Crippen molar-refractivity contribution in [3.63, 3.8) is 0 Å². The van der Waals surface area contributed by atoms with Gasteiger partial charge in [0, 0.05) is 19.0 Å². The summed E-state index contributed by atoms with van der Waals surface area (Å²) in [5.74, 6) is -1.77. The largest absolute Gasteiger partial charge is 0.475 e. The smallest absolute Gasteiger partial charge is 0.449 e. The Labute approximate surface area is 190 Å². The number of likely N-dealkylation sites (tertiary alicyclic amines) is 1. The topological polar surface area (TPSA) is 123 Å². The number of hydrogen-bond donors (Lipinski definition) is 3. The number of alkyl carbamates (subject to hydrolysis) is 1. The van der Waals surface area contributed by atoms with E-state index in [1.54, 1.807) is 4.90 Å². The van der Waals surface area contributed by atoms with Gasteiger partial charge in [0.25, 0.3) is 0 Å². The highest BCUT2D eigenvalue weighted by atomic mass is 16.5. The number of nitrogens with zero attached hydrogens (tertiary/aromatic N) is 2. The summed E-state index contributed by atoms with van der Waals surface area (Å²) in [6, 6.07) is 9.70. The highest BCUT2D eigenvalue weighted by molar-refractivity contribution is 6.43. The summed E-state index contributed by atoms with van der Waals surface area (Å²) in [7, 11) is -1.73. The number of nitrogens with one attached hydrogen (secondary N) is 1. The van der Waals surface area contributed by atoms with Gasteiger partial charge in [0.05, 0.1) is 18.6 Å². The first kappa shape index (κ1) is 25.7. The van der Waals surface area contributed by atoms with E-state index in [1.165, 1.54) is 0 Å². The lowest BCUT2D eigenvalue weighted by atomic mass is 9.76. The summed E-state index contributed by atoms with van der Waals surface area (Å²) in [5, 5.41) is 31.1. The van der Waals surface area contributed by atoms with E-state index >= 15 is 0 Å². The zero-order valence-electron chi connectivity index (χ0n) is 19.4. The Kier molecular flexibility index (Phi) is 9.11. The molecule has 1 aliphatic heterocycles. The number of amides is 2. The molecule has 0 bridgehead atoms. The lowest BCUT2D eigenvalue weighted by Gasteiger charge is -2.25. The maximum Gasteiger partial charge on any atom is 0.475 e. The molecule has 32 heavy (non-hydrogen) atoms. The van der Waals surface area contributed by atoms with Crippen LogP contribution in [0.5, 0.6) is 0 Å². The number of ether oxygens (including phenoxy) is 1. The van der Waals surface area contributed by atoms with E-state index in [1.807, 2.05) is 52.0 Å². The Morgan fingerprint density at radius 3 is 2.53 bits per heavy atom. The lowest BCUT2D eigenvalue weighted by molar-refractivity contribution is -0.133. The van der Waals surface area contributed by atoms with Crippen LogP contribution >= 0.6 is 0 Å². The van der Waals surface area contributed by atoms with Gasteiger partial charge in [-0.25, -0.2) is 4.79 Å². The fraction of sp³-hybridized carbons (Fsp3) is 0.609.